The first kappa shape index (κ1) is 23.7. The summed E-state index contributed by atoms with van der Waals surface area (Å²) in [6, 6.07) is 20.2. The smallest absolute Gasteiger partial charge is 0.336 e. The second-order valence-electron chi connectivity index (χ2n) is 8.17. The number of hydrogen-bond donors (Lipinski definition) is 2. The fourth-order valence-corrected chi connectivity index (χ4v) is 3.27. The first-order valence-corrected chi connectivity index (χ1v) is 11.1. The maximum atomic E-state index is 14.5. The number of rotatable bonds is 8. The first-order valence-electron chi connectivity index (χ1n) is 11.1. The summed E-state index contributed by atoms with van der Waals surface area (Å²) in [5, 5.41) is 9.98. The molecule has 8 nitrogen and oxygen atoms in total. The van der Waals surface area contributed by atoms with Crippen molar-refractivity contribution in [3.8, 4) is 28.8 Å². The number of benzene rings is 3. The van der Waals surface area contributed by atoms with Crippen LogP contribution in [0.3, 0.4) is 0 Å². The van der Waals surface area contributed by atoms with Crippen LogP contribution in [0.15, 0.2) is 72.8 Å². The fraction of sp³-hybridized carbons (Fsp3) is 0.192. The number of anilines is 2. The summed E-state index contributed by atoms with van der Waals surface area (Å²) in [5.41, 5.74) is 2.11. The zero-order chi connectivity index (χ0) is 24.8. The van der Waals surface area contributed by atoms with Gasteiger partial charge in [-0.05, 0) is 54.4 Å². The lowest BCUT2D eigenvalue weighted by Gasteiger charge is -2.10. The number of halogens is 1. The van der Waals surface area contributed by atoms with Crippen LogP contribution < -0.4 is 20.1 Å². The SMILES string of the molecule is COc1cccc(NC(=O)Nc2ccc(-n3nc(OCC(C)C)nc3-c3ccccc3F)cc2)c1. The lowest BCUT2D eigenvalue weighted by atomic mass is 10.2. The van der Waals surface area contributed by atoms with Gasteiger partial charge in [-0.15, -0.1) is 5.10 Å². The summed E-state index contributed by atoms with van der Waals surface area (Å²) < 4.78 is 26.9. The molecular formula is C26H26FN5O3. The molecule has 9 heteroatoms. The van der Waals surface area contributed by atoms with Crippen molar-refractivity contribution in [2.75, 3.05) is 24.4 Å². The maximum Gasteiger partial charge on any atom is 0.336 e. The zero-order valence-corrected chi connectivity index (χ0v) is 19.7. The van der Waals surface area contributed by atoms with Gasteiger partial charge in [-0.3, -0.25) is 0 Å². The van der Waals surface area contributed by atoms with E-state index in [0.717, 1.165) is 0 Å². The highest BCUT2D eigenvalue weighted by molar-refractivity contribution is 5.99. The third kappa shape index (κ3) is 5.94. The van der Waals surface area contributed by atoms with Gasteiger partial charge in [-0.2, -0.15) is 4.98 Å². The van der Waals surface area contributed by atoms with Crippen LogP contribution in [-0.2, 0) is 0 Å². The lowest BCUT2D eigenvalue weighted by molar-refractivity contribution is 0.251. The number of urea groups is 1. The molecule has 4 rings (SSSR count). The molecule has 0 aliphatic heterocycles. The normalized spacial score (nSPS) is 10.8. The van der Waals surface area contributed by atoms with Crippen molar-refractivity contribution in [2.45, 2.75) is 13.8 Å². The van der Waals surface area contributed by atoms with Crippen molar-refractivity contribution in [1.82, 2.24) is 14.8 Å². The van der Waals surface area contributed by atoms with Crippen molar-refractivity contribution in [2.24, 2.45) is 5.92 Å². The molecule has 4 aromatic rings. The van der Waals surface area contributed by atoms with Gasteiger partial charge in [-0.25, -0.2) is 13.9 Å². The second-order valence-corrected chi connectivity index (χ2v) is 8.17. The maximum absolute atomic E-state index is 14.5. The monoisotopic (exact) mass is 475 g/mol. The van der Waals surface area contributed by atoms with Crippen LogP contribution in [0.25, 0.3) is 17.1 Å². The predicted octanol–water partition coefficient (Wildman–Crippen LogP) is 5.76. The summed E-state index contributed by atoms with van der Waals surface area (Å²) >= 11 is 0. The quantitative estimate of drug-likeness (QED) is 0.338. The summed E-state index contributed by atoms with van der Waals surface area (Å²) in [4.78, 5) is 16.8. The Balaban J connectivity index is 1.54. The molecule has 35 heavy (non-hydrogen) atoms. The summed E-state index contributed by atoms with van der Waals surface area (Å²) in [7, 11) is 1.56. The van der Waals surface area contributed by atoms with E-state index in [2.05, 4.69) is 20.7 Å². The molecule has 180 valence electrons. The van der Waals surface area contributed by atoms with Crippen molar-refractivity contribution >= 4 is 17.4 Å². The molecule has 0 unspecified atom stereocenters. The van der Waals surface area contributed by atoms with Crippen LogP contribution in [0.4, 0.5) is 20.6 Å². The Morgan fingerprint density at radius 3 is 2.46 bits per heavy atom. The number of carbonyl (C=O) groups excluding carboxylic acids is 1. The number of hydrogen-bond acceptors (Lipinski definition) is 5. The zero-order valence-electron chi connectivity index (χ0n) is 19.7. The molecule has 0 aliphatic carbocycles. The molecule has 0 saturated heterocycles. The third-order valence-electron chi connectivity index (χ3n) is 4.95. The molecule has 0 atom stereocenters. The van der Waals surface area contributed by atoms with Crippen molar-refractivity contribution in [3.05, 3.63) is 78.6 Å². The van der Waals surface area contributed by atoms with Crippen LogP contribution in [0.1, 0.15) is 13.8 Å². The van der Waals surface area contributed by atoms with E-state index in [4.69, 9.17) is 9.47 Å². The summed E-state index contributed by atoms with van der Waals surface area (Å²) in [6.45, 7) is 4.47. The van der Waals surface area contributed by atoms with E-state index in [-0.39, 0.29) is 11.9 Å². The van der Waals surface area contributed by atoms with Crippen molar-refractivity contribution < 1.29 is 18.7 Å². The van der Waals surface area contributed by atoms with Gasteiger partial charge in [0, 0.05) is 17.4 Å². The molecule has 0 aliphatic rings. The molecular weight excluding hydrogens is 449 g/mol. The lowest BCUT2D eigenvalue weighted by Crippen LogP contribution is -2.19. The largest absolute Gasteiger partial charge is 0.497 e. The number of ether oxygens (including phenoxy) is 2. The van der Waals surface area contributed by atoms with E-state index in [9.17, 15) is 9.18 Å². The first-order chi connectivity index (χ1) is 16.9. The average molecular weight is 476 g/mol. The van der Waals surface area contributed by atoms with Crippen LogP contribution in [0.5, 0.6) is 11.8 Å². The Hall–Kier alpha value is -4.40. The van der Waals surface area contributed by atoms with E-state index in [1.54, 1.807) is 73.8 Å². The number of aromatic nitrogens is 3. The van der Waals surface area contributed by atoms with Gasteiger partial charge in [0.2, 0.25) is 0 Å². The predicted molar refractivity (Wildman–Crippen MR) is 133 cm³/mol. The summed E-state index contributed by atoms with van der Waals surface area (Å²) in [5.74, 6) is 0.831. The molecule has 1 aromatic heterocycles. The number of methoxy groups -OCH3 is 1. The second kappa shape index (κ2) is 10.7. The minimum Gasteiger partial charge on any atom is -0.497 e. The van der Waals surface area contributed by atoms with Gasteiger partial charge in [0.15, 0.2) is 5.82 Å². The Labute approximate surface area is 202 Å². The van der Waals surface area contributed by atoms with Gasteiger partial charge in [0.05, 0.1) is 25.0 Å². The minimum atomic E-state index is -0.413. The number of amides is 2. The number of nitrogens with zero attached hydrogens (tertiary/aromatic N) is 3. The Morgan fingerprint density at radius 2 is 1.74 bits per heavy atom. The summed E-state index contributed by atoms with van der Waals surface area (Å²) in [6.07, 6.45) is 0. The highest BCUT2D eigenvalue weighted by Gasteiger charge is 2.18. The van der Waals surface area contributed by atoms with Crippen LogP contribution in [0, 0.1) is 11.7 Å². The number of nitrogens with one attached hydrogen (secondary N) is 2. The minimum absolute atomic E-state index is 0.164. The van der Waals surface area contributed by atoms with Crippen LogP contribution in [-0.4, -0.2) is 34.5 Å². The van der Waals surface area contributed by atoms with Crippen LogP contribution >= 0.6 is 0 Å². The van der Waals surface area contributed by atoms with E-state index in [1.807, 2.05) is 13.8 Å². The van der Waals surface area contributed by atoms with E-state index >= 15 is 0 Å². The van der Waals surface area contributed by atoms with Gasteiger partial charge < -0.3 is 20.1 Å². The van der Waals surface area contributed by atoms with E-state index < -0.39 is 11.8 Å². The van der Waals surface area contributed by atoms with Crippen molar-refractivity contribution in [3.63, 3.8) is 0 Å². The highest BCUT2D eigenvalue weighted by atomic mass is 19.1. The van der Waals surface area contributed by atoms with Gasteiger partial charge >= 0.3 is 12.0 Å². The highest BCUT2D eigenvalue weighted by Crippen LogP contribution is 2.26. The Bertz CT molecular complexity index is 1300. The molecule has 3 aromatic carbocycles. The molecule has 2 N–H and O–H groups in total. The van der Waals surface area contributed by atoms with Gasteiger partial charge in [0.1, 0.15) is 11.6 Å². The van der Waals surface area contributed by atoms with Gasteiger partial charge in [-0.1, -0.05) is 32.0 Å². The number of carbonyl (C=O) groups is 1. The topological polar surface area (TPSA) is 90.3 Å². The van der Waals surface area contributed by atoms with Gasteiger partial charge in [0.25, 0.3) is 0 Å². The molecule has 1 heterocycles. The third-order valence-corrected chi connectivity index (χ3v) is 4.95. The molecule has 0 saturated carbocycles. The Kier molecular flexibility index (Phi) is 7.25. The fourth-order valence-electron chi connectivity index (χ4n) is 3.27. The standard InChI is InChI=1S/C26H26FN5O3/c1-17(2)16-35-26-30-24(22-9-4-5-10-23(22)27)32(31-26)20-13-11-18(12-14-20)28-25(33)29-19-7-6-8-21(15-19)34-3/h4-15,17H,16H2,1-3H3,(H2,28,29,33). The molecule has 2 amide bonds. The van der Waals surface area contributed by atoms with E-state index in [0.29, 0.717) is 40.8 Å². The molecule has 0 radical (unpaired) electrons. The van der Waals surface area contributed by atoms with E-state index in [1.165, 1.54) is 10.7 Å². The average Bonchev–Trinajstić information content (AvgIpc) is 3.27. The molecule has 0 bridgehead atoms. The Morgan fingerprint density at radius 1 is 1.00 bits per heavy atom. The van der Waals surface area contributed by atoms with Crippen molar-refractivity contribution in [1.29, 1.82) is 0 Å². The molecule has 0 spiro atoms. The molecule has 0 fully saturated rings. The van der Waals surface area contributed by atoms with Crippen LogP contribution in [0.2, 0.25) is 0 Å².